The van der Waals surface area contributed by atoms with E-state index in [1.165, 1.54) is 12.1 Å². The monoisotopic (exact) mass is 489 g/mol. The van der Waals surface area contributed by atoms with E-state index in [1.807, 2.05) is 18.5 Å². The number of ether oxygens (including phenoxy) is 1. The van der Waals surface area contributed by atoms with E-state index in [-0.39, 0.29) is 10.8 Å². The van der Waals surface area contributed by atoms with E-state index in [1.54, 1.807) is 13.1 Å². The van der Waals surface area contributed by atoms with Crippen molar-refractivity contribution in [1.29, 1.82) is 0 Å². The third kappa shape index (κ3) is 4.29. The number of nitrogen functional groups attached to an aromatic ring is 1. The second-order valence-electron chi connectivity index (χ2n) is 9.21. The maximum Gasteiger partial charge on any atom is 0.166 e. The molecule has 0 radical (unpaired) electrons. The van der Waals surface area contributed by atoms with Crippen LogP contribution in [0.5, 0.6) is 5.75 Å². The highest BCUT2D eigenvalue weighted by Crippen LogP contribution is 2.48. The van der Waals surface area contributed by atoms with Gasteiger partial charge in [0.15, 0.2) is 11.6 Å². The fourth-order valence-electron chi connectivity index (χ4n) is 5.41. The van der Waals surface area contributed by atoms with Gasteiger partial charge in [0.1, 0.15) is 11.9 Å². The molecular formula is C24H26Cl2FN5O. The van der Waals surface area contributed by atoms with Crippen LogP contribution < -0.4 is 16.2 Å². The molecule has 2 aliphatic carbocycles. The second kappa shape index (κ2) is 8.78. The molecule has 5 rings (SSSR count). The van der Waals surface area contributed by atoms with Gasteiger partial charge in [-0.1, -0.05) is 23.2 Å². The Balaban J connectivity index is 1.35. The smallest absolute Gasteiger partial charge is 0.166 e. The summed E-state index contributed by atoms with van der Waals surface area (Å²) in [5.41, 5.74) is 14.3. The summed E-state index contributed by atoms with van der Waals surface area (Å²) in [4.78, 5) is 4.29. The average Bonchev–Trinajstić information content (AvgIpc) is 3.47. The van der Waals surface area contributed by atoms with E-state index in [2.05, 4.69) is 14.8 Å². The maximum atomic E-state index is 13.9. The lowest BCUT2D eigenvalue weighted by molar-refractivity contribution is 0.227. The van der Waals surface area contributed by atoms with Crippen molar-refractivity contribution in [3.63, 3.8) is 0 Å². The van der Waals surface area contributed by atoms with Gasteiger partial charge in [-0.3, -0.25) is 4.68 Å². The Morgan fingerprint density at radius 1 is 1.12 bits per heavy atom. The fourth-order valence-corrected chi connectivity index (χ4v) is 6.08. The number of fused-ring (bicyclic) bond motifs is 1. The van der Waals surface area contributed by atoms with Gasteiger partial charge in [0.05, 0.1) is 17.3 Å². The van der Waals surface area contributed by atoms with Crippen LogP contribution in [-0.4, -0.2) is 20.8 Å². The molecule has 9 heteroatoms. The molecule has 1 aromatic carbocycles. The minimum atomic E-state index is -0.632. The zero-order chi connectivity index (χ0) is 23.3. The standard InChI is InChI=1S/C24H26Cl2FN5O/c1-12(22-19(25)2-3-20(27)23(22)26)33-21-8-15(9-30-24(21)29)16-10-31-32(11-16)18-6-13-4-17(28)5-14(13)7-18/h2-3,8-14,17-18H,4-7,28H2,1H3,(H2,29,30). The third-order valence-corrected chi connectivity index (χ3v) is 7.72. The highest BCUT2D eigenvalue weighted by atomic mass is 35.5. The van der Waals surface area contributed by atoms with Crippen LogP contribution in [0.25, 0.3) is 11.1 Å². The van der Waals surface area contributed by atoms with Crippen LogP contribution in [0.4, 0.5) is 10.2 Å². The zero-order valence-corrected chi connectivity index (χ0v) is 19.7. The van der Waals surface area contributed by atoms with E-state index in [0.29, 0.717) is 40.3 Å². The highest BCUT2D eigenvalue weighted by Gasteiger charge is 2.41. The highest BCUT2D eigenvalue weighted by molar-refractivity contribution is 6.36. The van der Waals surface area contributed by atoms with Gasteiger partial charge in [0.2, 0.25) is 0 Å². The SMILES string of the molecule is CC(Oc1cc(-c2cnn(C3CC4CC(N)CC4C3)c2)cnc1N)c1c(Cl)ccc(F)c1Cl. The average molecular weight is 490 g/mol. The normalized spacial score (nSPS) is 25.2. The first-order chi connectivity index (χ1) is 15.8. The molecule has 0 amide bonds. The Hall–Kier alpha value is -2.35. The lowest BCUT2D eigenvalue weighted by atomic mass is 10.0. The molecule has 2 fully saturated rings. The number of rotatable bonds is 5. The third-order valence-electron chi connectivity index (χ3n) is 7.01. The van der Waals surface area contributed by atoms with Gasteiger partial charge in [0.25, 0.3) is 0 Å². The Morgan fingerprint density at radius 2 is 1.85 bits per heavy atom. The molecule has 0 aliphatic heterocycles. The maximum absolute atomic E-state index is 13.9. The van der Waals surface area contributed by atoms with E-state index in [0.717, 1.165) is 36.8 Å². The number of hydrogen-bond donors (Lipinski definition) is 2. The first-order valence-corrected chi connectivity index (χ1v) is 11.9. The minimum absolute atomic E-state index is 0.0683. The summed E-state index contributed by atoms with van der Waals surface area (Å²) in [6, 6.07) is 5.24. The van der Waals surface area contributed by atoms with E-state index >= 15 is 0 Å². The van der Waals surface area contributed by atoms with Crippen molar-refractivity contribution in [2.45, 2.75) is 50.8 Å². The Kier molecular flexibility index (Phi) is 5.97. The summed E-state index contributed by atoms with van der Waals surface area (Å²) in [6.45, 7) is 1.74. The van der Waals surface area contributed by atoms with Crippen molar-refractivity contribution < 1.29 is 9.13 Å². The van der Waals surface area contributed by atoms with Gasteiger partial charge in [0, 0.05) is 40.1 Å². The molecule has 0 saturated heterocycles. The van der Waals surface area contributed by atoms with Gasteiger partial charge < -0.3 is 16.2 Å². The largest absolute Gasteiger partial charge is 0.482 e. The summed E-state index contributed by atoms with van der Waals surface area (Å²) in [5, 5.41) is 4.87. The molecule has 33 heavy (non-hydrogen) atoms. The number of halogens is 3. The molecule has 0 bridgehead atoms. The second-order valence-corrected chi connectivity index (χ2v) is 10.00. The van der Waals surface area contributed by atoms with E-state index < -0.39 is 11.9 Å². The van der Waals surface area contributed by atoms with E-state index in [4.69, 9.17) is 39.4 Å². The Labute approximate surface area is 202 Å². The number of nitrogens with two attached hydrogens (primary N) is 2. The van der Waals surface area contributed by atoms with Gasteiger partial charge in [-0.2, -0.15) is 5.10 Å². The summed E-state index contributed by atoms with van der Waals surface area (Å²) < 4.78 is 22.0. The predicted octanol–water partition coefficient (Wildman–Crippen LogP) is 5.80. The molecular weight excluding hydrogens is 464 g/mol. The predicted molar refractivity (Wildman–Crippen MR) is 128 cm³/mol. The van der Waals surface area contributed by atoms with Gasteiger partial charge in [-0.05, 0) is 62.6 Å². The molecule has 4 N–H and O–H groups in total. The Morgan fingerprint density at radius 3 is 2.58 bits per heavy atom. The topological polar surface area (TPSA) is 92.0 Å². The Bertz CT molecular complexity index is 1170. The van der Waals surface area contributed by atoms with Gasteiger partial charge in [-0.15, -0.1) is 0 Å². The molecule has 2 heterocycles. The number of anilines is 1. The van der Waals surface area contributed by atoms with Crippen LogP contribution in [0.3, 0.4) is 0 Å². The van der Waals surface area contributed by atoms with Crippen molar-refractivity contribution in [2.24, 2.45) is 17.6 Å². The van der Waals surface area contributed by atoms with Crippen molar-refractivity contribution in [3.05, 3.63) is 58.2 Å². The summed E-state index contributed by atoms with van der Waals surface area (Å²) in [6.07, 6.45) is 9.43. The lowest BCUT2D eigenvalue weighted by Crippen LogP contribution is -2.17. The molecule has 2 aromatic heterocycles. The van der Waals surface area contributed by atoms with Gasteiger partial charge in [-0.25, -0.2) is 9.37 Å². The van der Waals surface area contributed by atoms with Crippen molar-refractivity contribution in [3.8, 4) is 16.9 Å². The summed E-state index contributed by atoms with van der Waals surface area (Å²) in [7, 11) is 0. The van der Waals surface area contributed by atoms with Crippen LogP contribution in [0.15, 0.2) is 36.8 Å². The summed E-state index contributed by atoms with van der Waals surface area (Å²) >= 11 is 12.4. The van der Waals surface area contributed by atoms with Crippen LogP contribution >= 0.6 is 23.2 Å². The number of aromatic nitrogens is 3. The quantitative estimate of drug-likeness (QED) is 0.441. The van der Waals surface area contributed by atoms with Crippen molar-refractivity contribution >= 4 is 29.0 Å². The number of pyridine rings is 1. The summed E-state index contributed by atoms with van der Waals surface area (Å²) in [5.74, 6) is 1.45. The molecule has 3 unspecified atom stereocenters. The van der Waals surface area contributed by atoms with Crippen LogP contribution in [0.1, 0.15) is 50.3 Å². The molecule has 0 spiro atoms. The number of hydrogen-bond acceptors (Lipinski definition) is 5. The molecule has 2 aliphatic rings. The molecule has 3 aromatic rings. The fraction of sp³-hybridized carbons (Fsp3) is 0.417. The minimum Gasteiger partial charge on any atom is -0.482 e. The van der Waals surface area contributed by atoms with Crippen LogP contribution in [-0.2, 0) is 0 Å². The molecule has 174 valence electrons. The lowest BCUT2D eigenvalue weighted by Gasteiger charge is -2.19. The van der Waals surface area contributed by atoms with Crippen LogP contribution in [0, 0.1) is 17.7 Å². The molecule has 3 atom stereocenters. The van der Waals surface area contributed by atoms with Crippen LogP contribution in [0.2, 0.25) is 10.0 Å². The van der Waals surface area contributed by atoms with Crippen molar-refractivity contribution in [1.82, 2.24) is 14.8 Å². The molecule has 6 nitrogen and oxygen atoms in total. The van der Waals surface area contributed by atoms with Gasteiger partial charge >= 0.3 is 0 Å². The zero-order valence-electron chi connectivity index (χ0n) is 18.2. The van der Waals surface area contributed by atoms with Crippen molar-refractivity contribution in [2.75, 3.05) is 5.73 Å². The van der Waals surface area contributed by atoms with E-state index in [9.17, 15) is 4.39 Å². The first-order valence-electron chi connectivity index (χ1n) is 11.2. The number of nitrogens with zero attached hydrogens (tertiary/aromatic N) is 3. The molecule has 2 saturated carbocycles. The number of benzene rings is 1. The first kappa shape index (κ1) is 22.4.